The summed E-state index contributed by atoms with van der Waals surface area (Å²) < 4.78 is 5.99. The third-order valence-electron chi connectivity index (χ3n) is 4.50. The zero-order valence-corrected chi connectivity index (χ0v) is 16.7. The van der Waals surface area contributed by atoms with Crippen molar-refractivity contribution in [2.24, 2.45) is 5.41 Å². The quantitative estimate of drug-likeness (QED) is 0.782. The maximum absolute atomic E-state index is 12.2. The van der Waals surface area contributed by atoms with E-state index in [2.05, 4.69) is 39.7 Å². The van der Waals surface area contributed by atoms with Crippen molar-refractivity contribution >= 4 is 27.6 Å². The van der Waals surface area contributed by atoms with Gasteiger partial charge < -0.3 is 14.7 Å². The van der Waals surface area contributed by atoms with Crippen LogP contribution in [0.5, 0.6) is 0 Å². The molecule has 1 aromatic heterocycles. The minimum Gasteiger partial charge on any atom is -0.461 e. The number of halogens is 1. The number of hydrogen-bond acceptors (Lipinski definition) is 5. The van der Waals surface area contributed by atoms with E-state index in [1.54, 1.807) is 20.0 Å². The normalized spacial score (nSPS) is 18.6. The molecule has 1 atom stereocenters. The molecule has 0 amide bonds. The standard InChI is InChI=1S/C18H27BrN2O3/c1-11(2)24-17(23)16(22)13-10-20-12(3)14(19)15(13)21-8-6-18(4,5)7-9-21/h10-11,16,22H,6-9H2,1-5H3/t16-/m0/s1. The van der Waals surface area contributed by atoms with E-state index in [4.69, 9.17) is 4.74 Å². The predicted molar refractivity (Wildman–Crippen MR) is 98.1 cm³/mol. The number of aromatic nitrogens is 1. The lowest BCUT2D eigenvalue weighted by molar-refractivity contribution is -0.157. The van der Waals surface area contributed by atoms with E-state index in [0.29, 0.717) is 11.0 Å². The SMILES string of the molecule is Cc1ncc([C@H](O)C(=O)OC(C)C)c(N2CCC(C)(C)CC2)c1Br. The highest BCUT2D eigenvalue weighted by atomic mass is 79.9. The Balaban J connectivity index is 2.36. The summed E-state index contributed by atoms with van der Waals surface area (Å²) in [4.78, 5) is 18.7. The second-order valence-electron chi connectivity index (χ2n) is 7.50. The molecule has 134 valence electrons. The number of carbonyl (C=O) groups excluding carboxylic acids is 1. The largest absolute Gasteiger partial charge is 0.461 e. The molecule has 1 saturated heterocycles. The fourth-order valence-electron chi connectivity index (χ4n) is 2.86. The van der Waals surface area contributed by atoms with Crippen molar-refractivity contribution < 1.29 is 14.6 Å². The Hall–Kier alpha value is -1.14. The van der Waals surface area contributed by atoms with Gasteiger partial charge in [0.2, 0.25) is 0 Å². The van der Waals surface area contributed by atoms with Crippen LogP contribution in [0.1, 0.15) is 57.9 Å². The molecule has 2 heterocycles. The molecule has 1 aromatic rings. The zero-order valence-electron chi connectivity index (χ0n) is 15.1. The summed E-state index contributed by atoms with van der Waals surface area (Å²) in [6, 6.07) is 0. The zero-order chi connectivity index (χ0) is 18.1. The van der Waals surface area contributed by atoms with Crippen LogP contribution in [-0.2, 0) is 9.53 Å². The third kappa shape index (κ3) is 4.28. The van der Waals surface area contributed by atoms with Crippen molar-refractivity contribution in [3.05, 3.63) is 21.9 Å². The van der Waals surface area contributed by atoms with Crippen LogP contribution in [0, 0.1) is 12.3 Å². The Morgan fingerprint density at radius 2 is 1.96 bits per heavy atom. The van der Waals surface area contributed by atoms with Gasteiger partial charge in [0.15, 0.2) is 6.10 Å². The van der Waals surface area contributed by atoms with E-state index >= 15 is 0 Å². The highest BCUT2D eigenvalue weighted by Crippen LogP contribution is 2.40. The number of rotatable bonds is 4. The molecule has 0 saturated carbocycles. The van der Waals surface area contributed by atoms with Gasteiger partial charge in [-0.3, -0.25) is 4.98 Å². The average molecular weight is 399 g/mol. The highest BCUT2D eigenvalue weighted by molar-refractivity contribution is 9.10. The lowest BCUT2D eigenvalue weighted by Crippen LogP contribution is -2.38. The first-order chi connectivity index (χ1) is 11.1. The molecule has 0 bridgehead atoms. The summed E-state index contributed by atoms with van der Waals surface area (Å²) in [5, 5.41) is 10.5. The van der Waals surface area contributed by atoms with Crippen molar-refractivity contribution in [3.8, 4) is 0 Å². The molecule has 1 N–H and O–H groups in total. The molecule has 1 aliphatic rings. The lowest BCUT2D eigenvalue weighted by atomic mass is 9.82. The number of esters is 1. The number of nitrogens with zero attached hydrogens (tertiary/aromatic N) is 2. The highest BCUT2D eigenvalue weighted by Gasteiger charge is 2.31. The van der Waals surface area contributed by atoms with Crippen LogP contribution < -0.4 is 4.90 Å². The smallest absolute Gasteiger partial charge is 0.340 e. The van der Waals surface area contributed by atoms with E-state index in [1.165, 1.54) is 0 Å². The second-order valence-corrected chi connectivity index (χ2v) is 8.29. The monoisotopic (exact) mass is 398 g/mol. The van der Waals surface area contributed by atoms with Gasteiger partial charge in [-0.2, -0.15) is 0 Å². The number of carbonyl (C=O) groups is 1. The molecule has 0 radical (unpaired) electrons. The van der Waals surface area contributed by atoms with Crippen LogP contribution in [0.3, 0.4) is 0 Å². The molecular weight excluding hydrogens is 372 g/mol. The van der Waals surface area contributed by atoms with Gasteiger partial charge in [-0.25, -0.2) is 4.79 Å². The van der Waals surface area contributed by atoms with Crippen LogP contribution >= 0.6 is 15.9 Å². The van der Waals surface area contributed by atoms with Gasteiger partial charge in [0.1, 0.15) is 0 Å². The Bertz CT molecular complexity index is 607. The van der Waals surface area contributed by atoms with Crippen molar-refractivity contribution in [1.29, 1.82) is 0 Å². The predicted octanol–water partition coefficient (Wildman–Crippen LogP) is 3.76. The van der Waals surface area contributed by atoms with Crippen molar-refractivity contribution in [2.75, 3.05) is 18.0 Å². The van der Waals surface area contributed by atoms with Crippen LogP contribution in [0.2, 0.25) is 0 Å². The first-order valence-electron chi connectivity index (χ1n) is 8.41. The van der Waals surface area contributed by atoms with E-state index < -0.39 is 12.1 Å². The fourth-order valence-corrected chi connectivity index (χ4v) is 3.45. The Labute approximate surface area is 152 Å². The number of aryl methyl sites for hydroxylation is 1. The van der Waals surface area contributed by atoms with E-state index in [9.17, 15) is 9.90 Å². The first kappa shape index (κ1) is 19.2. The lowest BCUT2D eigenvalue weighted by Gasteiger charge is -2.39. The number of anilines is 1. The number of ether oxygens (including phenoxy) is 1. The molecule has 6 heteroatoms. The Morgan fingerprint density at radius 1 is 1.38 bits per heavy atom. The van der Waals surface area contributed by atoms with Gasteiger partial charge in [0.05, 0.1) is 22.0 Å². The fraction of sp³-hybridized carbons (Fsp3) is 0.667. The van der Waals surface area contributed by atoms with Crippen molar-refractivity contribution in [1.82, 2.24) is 4.98 Å². The van der Waals surface area contributed by atoms with Crippen LogP contribution in [0.15, 0.2) is 10.7 Å². The van der Waals surface area contributed by atoms with Gasteiger partial charge in [0.25, 0.3) is 0 Å². The number of piperidine rings is 1. The van der Waals surface area contributed by atoms with Gasteiger partial charge in [-0.1, -0.05) is 13.8 Å². The minimum atomic E-state index is -1.33. The topological polar surface area (TPSA) is 62.7 Å². The maximum Gasteiger partial charge on any atom is 0.340 e. The number of pyridine rings is 1. The maximum atomic E-state index is 12.2. The number of hydrogen-bond donors (Lipinski definition) is 1. The molecule has 0 aromatic carbocycles. The molecule has 0 aliphatic carbocycles. The van der Waals surface area contributed by atoms with Gasteiger partial charge in [-0.05, 0) is 55.0 Å². The van der Waals surface area contributed by atoms with Gasteiger partial charge in [-0.15, -0.1) is 0 Å². The van der Waals surface area contributed by atoms with E-state index in [-0.39, 0.29) is 6.10 Å². The number of aliphatic hydroxyl groups excluding tert-OH is 1. The van der Waals surface area contributed by atoms with Crippen LogP contribution in [-0.4, -0.2) is 35.3 Å². The Kier molecular flexibility index (Phi) is 5.91. The van der Waals surface area contributed by atoms with Crippen molar-refractivity contribution in [3.63, 3.8) is 0 Å². The summed E-state index contributed by atoms with van der Waals surface area (Å²) in [5.74, 6) is -0.638. The van der Waals surface area contributed by atoms with Crippen molar-refractivity contribution in [2.45, 2.75) is 59.7 Å². The van der Waals surface area contributed by atoms with E-state index in [0.717, 1.165) is 41.8 Å². The van der Waals surface area contributed by atoms with Crippen LogP contribution in [0.4, 0.5) is 5.69 Å². The first-order valence-corrected chi connectivity index (χ1v) is 9.20. The average Bonchev–Trinajstić information content (AvgIpc) is 2.49. The molecule has 24 heavy (non-hydrogen) atoms. The summed E-state index contributed by atoms with van der Waals surface area (Å²) in [7, 11) is 0. The summed E-state index contributed by atoms with van der Waals surface area (Å²) in [6.07, 6.45) is 2.11. The molecule has 0 spiro atoms. The van der Waals surface area contributed by atoms with Gasteiger partial charge in [0, 0.05) is 24.8 Å². The van der Waals surface area contributed by atoms with Crippen LogP contribution in [0.25, 0.3) is 0 Å². The summed E-state index contributed by atoms with van der Waals surface area (Å²) >= 11 is 3.60. The summed E-state index contributed by atoms with van der Waals surface area (Å²) in [6.45, 7) is 11.7. The molecule has 1 aliphatic heterocycles. The minimum absolute atomic E-state index is 0.270. The molecule has 1 fully saturated rings. The summed E-state index contributed by atoms with van der Waals surface area (Å²) in [5.41, 5.74) is 2.51. The molecule has 2 rings (SSSR count). The molecular formula is C18H27BrN2O3. The molecule has 0 unspecified atom stereocenters. The second kappa shape index (κ2) is 7.40. The van der Waals surface area contributed by atoms with Gasteiger partial charge >= 0.3 is 5.97 Å². The third-order valence-corrected chi connectivity index (χ3v) is 5.45. The van der Waals surface area contributed by atoms with E-state index in [1.807, 2.05) is 6.92 Å². The Morgan fingerprint density at radius 3 is 2.50 bits per heavy atom. The molecule has 5 nitrogen and oxygen atoms in total. The number of aliphatic hydroxyl groups is 1.